The minimum atomic E-state index is -0.377. The Balaban J connectivity index is 1.54. The van der Waals surface area contributed by atoms with Gasteiger partial charge in [-0.25, -0.2) is 8.78 Å². The monoisotopic (exact) mass is 345 g/mol. The molecule has 0 aliphatic carbocycles. The van der Waals surface area contributed by atoms with Crippen LogP contribution in [0.3, 0.4) is 0 Å². The number of rotatable bonds is 4. The van der Waals surface area contributed by atoms with E-state index in [0.29, 0.717) is 5.69 Å². The van der Waals surface area contributed by atoms with E-state index in [1.165, 1.54) is 24.3 Å². The van der Waals surface area contributed by atoms with Crippen molar-refractivity contribution in [3.63, 3.8) is 0 Å². The molecule has 0 saturated carbocycles. The molecule has 25 heavy (non-hydrogen) atoms. The van der Waals surface area contributed by atoms with E-state index >= 15 is 0 Å². The van der Waals surface area contributed by atoms with Gasteiger partial charge in [-0.3, -0.25) is 9.69 Å². The zero-order valence-electron chi connectivity index (χ0n) is 14.1. The summed E-state index contributed by atoms with van der Waals surface area (Å²) in [5.41, 5.74) is 1.44. The van der Waals surface area contributed by atoms with E-state index in [-0.39, 0.29) is 23.6 Å². The molecule has 0 bridgehead atoms. The molecule has 1 unspecified atom stereocenters. The Hall–Kier alpha value is -2.47. The third kappa shape index (κ3) is 4.33. The van der Waals surface area contributed by atoms with Crippen molar-refractivity contribution in [2.75, 3.05) is 36.4 Å². The van der Waals surface area contributed by atoms with Gasteiger partial charge in [0.05, 0.1) is 6.04 Å². The topological polar surface area (TPSA) is 35.6 Å². The van der Waals surface area contributed by atoms with Gasteiger partial charge in [0.25, 0.3) is 0 Å². The number of carbonyl (C=O) groups is 1. The molecule has 1 fully saturated rings. The predicted octanol–water partition coefficient (Wildman–Crippen LogP) is 3.11. The number of anilines is 2. The second-order valence-electron chi connectivity index (χ2n) is 6.18. The summed E-state index contributed by atoms with van der Waals surface area (Å²) in [6, 6.07) is 12.0. The van der Waals surface area contributed by atoms with Crippen LogP contribution in [0.4, 0.5) is 20.2 Å². The summed E-state index contributed by atoms with van der Waals surface area (Å²) in [7, 11) is 0. The van der Waals surface area contributed by atoms with Crippen LogP contribution in [0.1, 0.15) is 6.92 Å². The minimum absolute atomic E-state index is 0.152. The summed E-state index contributed by atoms with van der Waals surface area (Å²) in [6.07, 6.45) is 0. The number of carbonyl (C=O) groups excluding carboxylic acids is 1. The lowest BCUT2D eigenvalue weighted by Crippen LogP contribution is -2.52. The molecule has 132 valence electrons. The average Bonchev–Trinajstić information content (AvgIpc) is 2.62. The number of benzene rings is 2. The number of nitrogens with one attached hydrogen (secondary N) is 1. The van der Waals surface area contributed by atoms with Crippen LogP contribution in [-0.2, 0) is 4.79 Å². The molecule has 2 aromatic carbocycles. The fourth-order valence-corrected chi connectivity index (χ4v) is 3.00. The largest absolute Gasteiger partial charge is 0.369 e. The van der Waals surface area contributed by atoms with Gasteiger partial charge in [-0.2, -0.15) is 0 Å². The first-order chi connectivity index (χ1) is 12.0. The van der Waals surface area contributed by atoms with E-state index in [9.17, 15) is 13.6 Å². The molecule has 4 nitrogen and oxygen atoms in total. The molecular weight excluding hydrogens is 324 g/mol. The van der Waals surface area contributed by atoms with E-state index < -0.39 is 0 Å². The van der Waals surface area contributed by atoms with E-state index in [0.717, 1.165) is 31.9 Å². The Morgan fingerprint density at radius 1 is 1.00 bits per heavy atom. The van der Waals surface area contributed by atoms with Gasteiger partial charge in [-0.15, -0.1) is 0 Å². The predicted molar refractivity (Wildman–Crippen MR) is 94.7 cm³/mol. The Morgan fingerprint density at radius 2 is 1.68 bits per heavy atom. The lowest BCUT2D eigenvalue weighted by Gasteiger charge is -2.38. The SMILES string of the molecule is CC(C(=O)Nc1cccc(F)c1)N1CCN(c2ccc(F)cc2)CC1. The zero-order chi connectivity index (χ0) is 17.8. The Kier molecular flexibility index (Phi) is 5.28. The first kappa shape index (κ1) is 17.4. The fourth-order valence-electron chi connectivity index (χ4n) is 3.00. The Labute approximate surface area is 146 Å². The lowest BCUT2D eigenvalue weighted by atomic mass is 10.2. The highest BCUT2D eigenvalue weighted by Gasteiger charge is 2.25. The number of amides is 1. The highest BCUT2D eigenvalue weighted by molar-refractivity contribution is 5.94. The number of hydrogen-bond acceptors (Lipinski definition) is 3. The van der Waals surface area contributed by atoms with Crippen molar-refractivity contribution in [1.29, 1.82) is 0 Å². The molecule has 1 atom stereocenters. The average molecular weight is 345 g/mol. The maximum atomic E-state index is 13.2. The van der Waals surface area contributed by atoms with E-state index in [2.05, 4.69) is 15.1 Å². The van der Waals surface area contributed by atoms with Gasteiger partial charge in [0.15, 0.2) is 0 Å². The molecule has 0 aromatic heterocycles. The van der Waals surface area contributed by atoms with Crippen molar-refractivity contribution in [3.8, 4) is 0 Å². The van der Waals surface area contributed by atoms with Crippen molar-refractivity contribution in [3.05, 3.63) is 60.2 Å². The van der Waals surface area contributed by atoms with Crippen molar-refractivity contribution in [1.82, 2.24) is 4.90 Å². The molecular formula is C19H21F2N3O. The second-order valence-corrected chi connectivity index (χ2v) is 6.18. The first-order valence-corrected chi connectivity index (χ1v) is 8.34. The molecule has 6 heteroatoms. The summed E-state index contributed by atoms with van der Waals surface area (Å²) in [5.74, 6) is -0.774. The van der Waals surface area contributed by atoms with Gasteiger partial charge in [-0.05, 0) is 49.4 Å². The molecule has 0 spiro atoms. The number of piperazine rings is 1. The highest BCUT2D eigenvalue weighted by atomic mass is 19.1. The lowest BCUT2D eigenvalue weighted by molar-refractivity contribution is -0.120. The van der Waals surface area contributed by atoms with Crippen LogP contribution in [0.5, 0.6) is 0 Å². The number of hydrogen-bond donors (Lipinski definition) is 1. The molecule has 1 saturated heterocycles. The fraction of sp³-hybridized carbons (Fsp3) is 0.316. The zero-order valence-corrected chi connectivity index (χ0v) is 14.1. The van der Waals surface area contributed by atoms with Crippen LogP contribution in [0.15, 0.2) is 48.5 Å². The molecule has 1 aliphatic rings. The first-order valence-electron chi connectivity index (χ1n) is 8.34. The van der Waals surface area contributed by atoms with Crippen molar-refractivity contribution in [2.24, 2.45) is 0 Å². The summed E-state index contributed by atoms with van der Waals surface area (Å²) < 4.78 is 26.2. The maximum absolute atomic E-state index is 13.2. The third-order valence-corrected chi connectivity index (χ3v) is 4.53. The summed E-state index contributed by atoms with van der Waals surface area (Å²) in [4.78, 5) is 16.6. The normalized spacial score (nSPS) is 16.5. The molecule has 1 amide bonds. The number of nitrogens with zero attached hydrogens (tertiary/aromatic N) is 2. The molecule has 2 aromatic rings. The van der Waals surface area contributed by atoms with Crippen LogP contribution in [-0.4, -0.2) is 43.0 Å². The maximum Gasteiger partial charge on any atom is 0.241 e. The summed E-state index contributed by atoms with van der Waals surface area (Å²) >= 11 is 0. The van der Waals surface area contributed by atoms with Gasteiger partial charge >= 0.3 is 0 Å². The van der Waals surface area contributed by atoms with E-state index in [1.54, 1.807) is 24.3 Å². The van der Waals surface area contributed by atoms with Crippen molar-refractivity contribution >= 4 is 17.3 Å². The minimum Gasteiger partial charge on any atom is -0.369 e. The van der Waals surface area contributed by atoms with Gasteiger partial charge in [-0.1, -0.05) is 6.07 Å². The standard InChI is InChI=1S/C19H21F2N3O/c1-14(19(25)22-17-4-2-3-16(21)13-17)23-9-11-24(12-10-23)18-7-5-15(20)6-8-18/h2-8,13-14H,9-12H2,1H3,(H,22,25). The van der Waals surface area contributed by atoms with Crippen LogP contribution in [0.2, 0.25) is 0 Å². The Bertz CT molecular complexity index is 728. The van der Waals surface area contributed by atoms with Gasteiger partial charge in [0, 0.05) is 37.6 Å². The van der Waals surface area contributed by atoms with Crippen LogP contribution >= 0.6 is 0 Å². The second kappa shape index (κ2) is 7.61. The molecule has 1 aliphatic heterocycles. The van der Waals surface area contributed by atoms with Crippen LogP contribution in [0, 0.1) is 11.6 Å². The quantitative estimate of drug-likeness (QED) is 0.925. The summed E-state index contributed by atoms with van der Waals surface area (Å²) in [6.45, 7) is 4.85. The van der Waals surface area contributed by atoms with Gasteiger partial charge < -0.3 is 10.2 Å². The van der Waals surface area contributed by atoms with Crippen LogP contribution in [0.25, 0.3) is 0 Å². The van der Waals surface area contributed by atoms with Gasteiger partial charge in [0.1, 0.15) is 11.6 Å². The molecule has 3 rings (SSSR count). The van der Waals surface area contributed by atoms with E-state index in [1.807, 2.05) is 6.92 Å². The molecule has 1 N–H and O–H groups in total. The van der Waals surface area contributed by atoms with Crippen LogP contribution < -0.4 is 10.2 Å². The Morgan fingerprint density at radius 3 is 2.32 bits per heavy atom. The van der Waals surface area contributed by atoms with E-state index in [4.69, 9.17) is 0 Å². The van der Waals surface area contributed by atoms with Crippen molar-refractivity contribution < 1.29 is 13.6 Å². The molecule has 1 heterocycles. The highest BCUT2D eigenvalue weighted by Crippen LogP contribution is 2.18. The van der Waals surface area contributed by atoms with Gasteiger partial charge in [0.2, 0.25) is 5.91 Å². The summed E-state index contributed by atoms with van der Waals surface area (Å²) in [5, 5.41) is 2.75. The molecule has 0 radical (unpaired) electrons. The smallest absolute Gasteiger partial charge is 0.241 e. The number of halogens is 2. The van der Waals surface area contributed by atoms with Crippen molar-refractivity contribution in [2.45, 2.75) is 13.0 Å². The third-order valence-electron chi connectivity index (χ3n) is 4.53.